The molecule has 28 heavy (non-hydrogen) atoms. The lowest BCUT2D eigenvalue weighted by Gasteiger charge is -2.21. The number of methoxy groups -OCH3 is 1. The summed E-state index contributed by atoms with van der Waals surface area (Å²) in [6, 6.07) is 3.16. The summed E-state index contributed by atoms with van der Waals surface area (Å²) in [5, 5.41) is 18.1. The smallest absolute Gasteiger partial charge is 0.478 e. The highest BCUT2D eigenvalue weighted by molar-refractivity contribution is 5.96. The second-order valence-corrected chi connectivity index (χ2v) is 6.77. The summed E-state index contributed by atoms with van der Waals surface area (Å²) in [5.41, 5.74) is 6.87. The van der Waals surface area contributed by atoms with Crippen LogP contribution in [0.1, 0.15) is 38.1 Å². The van der Waals surface area contributed by atoms with Gasteiger partial charge in [-0.15, -0.1) is 0 Å². The maximum absolute atomic E-state index is 12.3. The van der Waals surface area contributed by atoms with Crippen molar-refractivity contribution in [2.75, 3.05) is 12.4 Å². The van der Waals surface area contributed by atoms with E-state index in [-0.39, 0.29) is 5.84 Å². The lowest BCUT2D eigenvalue weighted by atomic mass is 9.96. The van der Waals surface area contributed by atoms with Gasteiger partial charge < -0.3 is 15.7 Å². The summed E-state index contributed by atoms with van der Waals surface area (Å²) in [6.07, 6.45) is 12.3. The summed E-state index contributed by atoms with van der Waals surface area (Å²) < 4.78 is 7.73. The molecule has 8 nitrogen and oxygen atoms in total. The molecular formula is C20H26N5O3+. The molecule has 0 spiro atoms. The van der Waals surface area contributed by atoms with Gasteiger partial charge in [-0.05, 0) is 23.6 Å². The fraction of sp³-hybridized carbons (Fsp3) is 0.350. The second kappa shape index (κ2) is 8.60. The maximum Gasteiger partial charge on any atom is 0.478 e. The molecular weight excluding hydrogens is 358 g/mol. The fourth-order valence-electron chi connectivity index (χ4n) is 3.39. The van der Waals surface area contributed by atoms with Gasteiger partial charge in [0, 0.05) is 23.7 Å². The van der Waals surface area contributed by atoms with E-state index in [1.807, 2.05) is 10.9 Å². The Hall–Kier alpha value is -3.29. The van der Waals surface area contributed by atoms with Crippen molar-refractivity contribution in [3.05, 3.63) is 43.1 Å². The van der Waals surface area contributed by atoms with E-state index in [4.69, 9.17) is 10.5 Å². The van der Waals surface area contributed by atoms with Crippen molar-refractivity contribution in [1.29, 1.82) is 0 Å². The van der Waals surface area contributed by atoms with Crippen molar-refractivity contribution in [2.45, 2.75) is 38.1 Å². The van der Waals surface area contributed by atoms with Crippen molar-refractivity contribution < 1.29 is 19.5 Å². The van der Waals surface area contributed by atoms with Gasteiger partial charge in [0.05, 0.1) is 18.7 Å². The number of hydroxylamine groups is 1. The summed E-state index contributed by atoms with van der Waals surface area (Å²) in [4.78, 5) is 12.3. The number of urea groups is 1. The number of fused-ring (bicyclic) bond motifs is 1. The van der Waals surface area contributed by atoms with Gasteiger partial charge in [0.1, 0.15) is 5.69 Å². The Bertz CT molecular complexity index is 939. The largest absolute Gasteiger partial charge is 0.493 e. The maximum atomic E-state index is 12.3. The fourth-order valence-corrected chi connectivity index (χ4v) is 3.39. The van der Waals surface area contributed by atoms with Crippen LogP contribution < -0.4 is 15.8 Å². The SMILES string of the molecule is C=C/C=C\C(N)=[N+](\O)C(=O)Nc1cc2cn(C3CCCCC3)nc2cc1OC. The second-order valence-electron chi connectivity index (χ2n) is 6.77. The van der Waals surface area contributed by atoms with Crippen LogP contribution in [0.25, 0.3) is 10.9 Å². The molecule has 0 unspecified atom stereocenters. The van der Waals surface area contributed by atoms with Gasteiger partial charge in [0.15, 0.2) is 5.75 Å². The van der Waals surface area contributed by atoms with Crippen LogP contribution in [0.3, 0.4) is 0 Å². The topological polar surface area (TPSA) is 105 Å². The molecule has 148 valence electrons. The first-order valence-corrected chi connectivity index (χ1v) is 9.32. The van der Waals surface area contributed by atoms with Crippen LogP contribution in [0, 0.1) is 0 Å². The predicted octanol–water partition coefficient (Wildman–Crippen LogP) is 3.58. The number of nitrogens with one attached hydrogen (secondary N) is 1. The van der Waals surface area contributed by atoms with Gasteiger partial charge in [-0.1, -0.05) is 38.0 Å². The third kappa shape index (κ3) is 4.16. The molecule has 0 aliphatic heterocycles. The van der Waals surface area contributed by atoms with E-state index in [0.29, 0.717) is 22.2 Å². The summed E-state index contributed by atoms with van der Waals surface area (Å²) in [5.74, 6) is 0.311. The number of hydrogen-bond donors (Lipinski definition) is 3. The van der Waals surface area contributed by atoms with E-state index >= 15 is 0 Å². The van der Waals surface area contributed by atoms with Crippen molar-refractivity contribution in [3.63, 3.8) is 0 Å². The standard InChI is InChI=1S/C20H25N5O3/c1-3-4-10-19(21)25(27)20(26)22-17-11-14-13-24(15-8-6-5-7-9-15)23-16(14)12-18(17)28-2/h3-4,10-13,15,21,27H,1,5-9H2,2H3,(H,22,26)/p+1/b10-4-. The Balaban J connectivity index is 1.88. The molecule has 2 aromatic rings. The van der Waals surface area contributed by atoms with Crippen LogP contribution in [0.2, 0.25) is 0 Å². The van der Waals surface area contributed by atoms with Gasteiger partial charge >= 0.3 is 6.03 Å². The average Bonchev–Trinajstić information content (AvgIpc) is 3.14. The first-order chi connectivity index (χ1) is 13.5. The molecule has 1 aromatic heterocycles. The van der Waals surface area contributed by atoms with Crippen LogP contribution >= 0.6 is 0 Å². The highest BCUT2D eigenvalue weighted by Crippen LogP contribution is 2.33. The minimum atomic E-state index is -0.802. The monoisotopic (exact) mass is 384 g/mol. The summed E-state index contributed by atoms with van der Waals surface area (Å²) in [6.45, 7) is 3.51. The van der Waals surface area contributed by atoms with Crippen molar-refractivity contribution in [1.82, 2.24) is 9.78 Å². The third-order valence-electron chi connectivity index (χ3n) is 4.87. The first kappa shape index (κ1) is 19.5. The van der Waals surface area contributed by atoms with Crippen LogP contribution in [0.4, 0.5) is 10.5 Å². The number of carbonyl (C=O) groups excluding carboxylic acids is 1. The number of nitrogens with zero attached hydrogens (tertiary/aromatic N) is 3. The minimum Gasteiger partial charge on any atom is -0.493 e. The number of ether oxygens (including phenoxy) is 1. The minimum absolute atomic E-state index is 0.137. The predicted molar refractivity (Wildman–Crippen MR) is 108 cm³/mol. The number of anilines is 1. The van der Waals surface area contributed by atoms with Crippen molar-refractivity contribution in [3.8, 4) is 5.75 Å². The zero-order valence-electron chi connectivity index (χ0n) is 16.0. The number of benzene rings is 1. The molecule has 1 aliphatic carbocycles. The Labute approximate surface area is 163 Å². The highest BCUT2D eigenvalue weighted by Gasteiger charge is 2.21. The molecule has 0 saturated heterocycles. The molecule has 3 rings (SSSR count). The zero-order valence-corrected chi connectivity index (χ0v) is 16.0. The number of rotatable bonds is 5. The van der Waals surface area contributed by atoms with Crippen LogP contribution in [-0.2, 0) is 0 Å². The van der Waals surface area contributed by atoms with Gasteiger partial charge in [0.25, 0.3) is 5.84 Å². The average molecular weight is 384 g/mol. The molecule has 1 aliphatic rings. The van der Waals surface area contributed by atoms with Gasteiger partial charge in [-0.25, -0.2) is 10.1 Å². The first-order valence-electron chi connectivity index (χ1n) is 9.32. The molecule has 2 amide bonds. The van der Waals surface area contributed by atoms with E-state index in [0.717, 1.165) is 23.7 Å². The van der Waals surface area contributed by atoms with Crippen LogP contribution in [-0.4, -0.2) is 38.7 Å². The number of carbonyl (C=O) groups is 1. The molecule has 0 radical (unpaired) electrons. The zero-order chi connectivity index (χ0) is 20.1. The normalized spacial score (nSPS) is 16.2. The number of nitrogens with two attached hydrogens (primary N) is 1. The van der Waals surface area contributed by atoms with E-state index in [1.165, 1.54) is 44.6 Å². The Morgan fingerprint density at radius 2 is 2.18 bits per heavy atom. The molecule has 8 heteroatoms. The van der Waals surface area contributed by atoms with E-state index in [2.05, 4.69) is 17.0 Å². The number of amidine groups is 1. The van der Waals surface area contributed by atoms with Gasteiger partial charge in [-0.3, -0.25) is 4.68 Å². The third-order valence-corrected chi connectivity index (χ3v) is 4.87. The Morgan fingerprint density at radius 1 is 1.43 bits per heavy atom. The Kier molecular flexibility index (Phi) is 5.98. The molecule has 1 heterocycles. The van der Waals surface area contributed by atoms with E-state index < -0.39 is 6.03 Å². The molecule has 1 fully saturated rings. The number of amides is 2. The lowest BCUT2D eigenvalue weighted by molar-refractivity contribution is -0.696. The number of allylic oxidation sites excluding steroid dienone is 2. The molecule has 4 N–H and O–H groups in total. The molecule has 0 atom stereocenters. The molecule has 1 saturated carbocycles. The highest BCUT2D eigenvalue weighted by atomic mass is 16.5. The van der Waals surface area contributed by atoms with Crippen molar-refractivity contribution >= 4 is 28.5 Å². The Morgan fingerprint density at radius 3 is 2.86 bits per heavy atom. The summed E-state index contributed by atoms with van der Waals surface area (Å²) >= 11 is 0. The van der Waals surface area contributed by atoms with Crippen LogP contribution in [0.5, 0.6) is 5.75 Å². The quantitative estimate of drug-likeness (QED) is 0.139. The lowest BCUT2D eigenvalue weighted by Crippen LogP contribution is -2.32. The van der Waals surface area contributed by atoms with E-state index in [9.17, 15) is 10.0 Å². The summed E-state index contributed by atoms with van der Waals surface area (Å²) in [7, 11) is 1.51. The molecule has 0 bridgehead atoms. The van der Waals surface area contributed by atoms with Gasteiger partial charge in [0.2, 0.25) is 0 Å². The number of aromatic nitrogens is 2. The molecule has 1 aromatic carbocycles. The van der Waals surface area contributed by atoms with Gasteiger partial charge in [-0.2, -0.15) is 5.10 Å². The van der Waals surface area contributed by atoms with E-state index in [1.54, 1.807) is 12.1 Å². The van der Waals surface area contributed by atoms with Crippen LogP contribution in [0.15, 0.2) is 43.1 Å². The number of hydrogen-bond acceptors (Lipinski definition) is 4. The van der Waals surface area contributed by atoms with Crippen molar-refractivity contribution in [2.24, 2.45) is 5.73 Å².